The van der Waals surface area contributed by atoms with Gasteiger partial charge in [0.1, 0.15) is 5.75 Å². The first-order chi connectivity index (χ1) is 12.2. The van der Waals surface area contributed by atoms with E-state index in [-0.39, 0.29) is 19.0 Å². The average molecular weight is 380 g/mol. The molecule has 1 aromatic heterocycles. The summed E-state index contributed by atoms with van der Waals surface area (Å²) in [5.41, 5.74) is 0.810. The van der Waals surface area contributed by atoms with E-state index < -0.39 is 5.97 Å². The molecule has 26 heavy (non-hydrogen) atoms. The van der Waals surface area contributed by atoms with Crippen LogP contribution in [0.3, 0.4) is 0 Å². The zero-order chi connectivity index (χ0) is 17.3. The van der Waals surface area contributed by atoms with E-state index in [1.807, 2.05) is 0 Å². The molecule has 1 aliphatic heterocycles. The fourth-order valence-corrected chi connectivity index (χ4v) is 3.62. The summed E-state index contributed by atoms with van der Waals surface area (Å²) >= 11 is 0. The molecule has 8 heteroatoms. The highest BCUT2D eigenvalue weighted by atomic mass is 35.5. The lowest BCUT2D eigenvalue weighted by Crippen LogP contribution is -2.29. The molecule has 1 N–H and O–H groups in total. The minimum atomic E-state index is -0.395. The standard InChI is InChI=1S/C18H21N3O4.ClH/c1-23-17(22)12-3-2-4-13(9-12)24-11-15-20-16(25-21-15)14-10-18(14)5-7-19-8-6-18;/h2-4,9,14,19H,5-8,10-11H2,1H3;1H. The van der Waals surface area contributed by atoms with Crippen molar-refractivity contribution in [2.45, 2.75) is 31.8 Å². The van der Waals surface area contributed by atoms with Crippen molar-refractivity contribution in [3.63, 3.8) is 0 Å². The Hall–Kier alpha value is -2.12. The van der Waals surface area contributed by atoms with Crippen molar-refractivity contribution in [2.24, 2.45) is 5.41 Å². The van der Waals surface area contributed by atoms with Crippen LogP contribution in [0, 0.1) is 5.41 Å². The zero-order valence-electron chi connectivity index (χ0n) is 14.6. The van der Waals surface area contributed by atoms with Crippen LogP contribution in [-0.4, -0.2) is 36.3 Å². The number of aromatic nitrogens is 2. The highest BCUT2D eigenvalue weighted by Crippen LogP contribution is 2.63. The van der Waals surface area contributed by atoms with E-state index in [0.717, 1.165) is 25.4 Å². The van der Waals surface area contributed by atoms with Crippen LogP contribution in [0.4, 0.5) is 0 Å². The van der Waals surface area contributed by atoms with Crippen LogP contribution >= 0.6 is 12.4 Å². The molecule has 1 saturated carbocycles. The van der Waals surface area contributed by atoms with Gasteiger partial charge in [0.05, 0.1) is 12.7 Å². The third kappa shape index (κ3) is 3.68. The molecule has 1 aromatic carbocycles. The number of benzene rings is 1. The van der Waals surface area contributed by atoms with Crippen molar-refractivity contribution in [3.05, 3.63) is 41.5 Å². The Labute approximate surface area is 157 Å². The van der Waals surface area contributed by atoms with E-state index >= 15 is 0 Å². The SMILES string of the molecule is COC(=O)c1cccc(OCc2noc(C3CC34CCNCC4)n2)c1.Cl. The quantitative estimate of drug-likeness (QED) is 0.799. The lowest BCUT2D eigenvalue weighted by atomic mass is 9.92. The number of rotatable bonds is 5. The van der Waals surface area contributed by atoms with Crippen LogP contribution in [0.15, 0.2) is 28.8 Å². The summed E-state index contributed by atoms with van der Waals surface area (Å²) in [5.74, 6) is 1.81. The van der Waals surface area contributed by atoms with E-state index in [9.17, 15) is 4.79 Å². The predicted octanol–water partition coefficient (Wildman–Crippen LogP) is 2.71. The van der Waals surface area contributed by atoms with E-state index in [1.54, 1.807) is 24.3 Å². The summed E-state index contributed by atoms with van der Waals surface area (Å²) in [4.78, 5) is 16.0. The maximum Gasteiger partial charge on any atom is 0.337 e. The lowest BCUT2D eigenvalue weighted by Gasteiger charge is -2.22. The number of esters is 1. The number of halogens is 1. The third-order valence-electron chi connectivity index (χ3n) is 5.19. The van der Waals surface area contributed by atoms with E-state index in [4.69, 9.17) is 14.0 Å². The average Bonchev–Trinajstić information content (AvgIpc) is 3.13. The van der Waals surface area contributed by atoms with Crippen LogP contribution < -0.4 is 10.1 Å². The van der Waals surface area contributed by atoms with E-state index in [0.29, 0.717) is 28.5 Å². The Kier molecular flexibility index (Phi) is 5.48. The number of ether oxygens (including phenoxy) is 2. The molecular weight excluding hydrogens is 358 g/mol. The van der Waals surface area contributed by atoms with Crippen LogP contribution in [0.2, 0.25) is 0 Å². The Morgan fingerprint density at radius 1 is 1.38 bits per heavy atom. The molecule has 0 bridgehead atoms. The van der Waals surface area contributed by atoms with Gasteiger partial charge >= 0.3 is 5.97 Å². The molecule has 2 fully saturated rings. The number of nitrogens with zero attached hydrogens (tertiary/aromatic N) is 2. The molecule has 1 saturated heterocycles. The molecule has 1 aliphatic carbocycles. The fourth-order valence-electron chi connectivity index (χ4n) is 3.62. The van der Waals surface area contributed by atoms with Gasteiger partial charge in [0.2, 0.25) is 11.7 Å². The first-order valence-corrected chi connectivity index (χ1v) is 8.55. The second-order valence-corrected chi connectivity index (χ2v) is 6.73. The number of hydrogen-bond donors (Lipinski definition) is 1. The van der Waals surface area contributed by atoms with Gasteiger partial charge in [0.25, 0.3) is 0 Å². The third-order valence-corrected chi connectivity index (χ3v) is 5.19. The minimum absolute atomic E-state index is 0. The Bertz CT molecular complexity index is 773. The normalized spacial score (nSPS) is 20.3. The number of carbonyl (C=O) groups excluding carboxylic acids is 1. The van der Waals surface area contributed by atoms with Gasteiger partial charge in [-0.1, -0.05) is 11.2 Å². The molecular formula is C18H22ClN3O4. The molecule has 2 heterocycles. The monoisotopic (exact) mass is 379 g/mol. The number of carbonyl (C=O) groups is 1. The summed E-state index contributed by atoms with van der Waals surface area (Å²) in [6.45, 7) is 2.34. The zero-order valence-corrected chi connectivity index (χ0v) is 15.4. The molecule has 7 nitrogen and oxygen atoms in total. The molecule has 140 valence electrons. The van der Waals surface area contributed by atoms with Crippen LogP contribution in [-0.2, 0) is 11.3 Å². The number of methoxy groups -OCH3 is 1. The fraction of sp³-hybridized carbons (Fsp3) is 0.500. The number of nitrogens with one attached hydrogen (secondary N) is 1. The maximum absolute atomic E-state index is 11.6. The Morgan fingerprint density at radius 3 is 2.96 bits per heavy atom. The molecule has 1 spiro atoms. The summed E-state index contributed by atoms with van der Waals surface area (Å²) < 4.78 is 15.8. The van der Waals surface area contributed by atoms with Crippen LogP contribution in [0.5, 0.6) is 5.75 Å². The van der Waals surface area contributed by atoms with Crippen LogP contribution in [0.25, 0.3) is 0 Å². The molecule has 4 rings (SSSR count). The van der Waals surface area contributed by atoms with Crippen molar-refractivity contribution >= 4 is 18.4 Å². The first kappa shape index (κ1) is 18.7. The summed E-state index contributed by atoms with van der Waals surface area (Å²) in [6.07, 6.45) is 3.48. The van der Waals surface area contributed by atoms with E-state index in [1.165, 1.54) is 20.0 Å². The van der Waals surface area contributed by atoms with Gasteiger partial charge in [-0.3, -0.25) is 0 Å². The smallest absolute Gasteiger partial charge is 0.337 e. The van der Waals surface area contributed by atoms with Gasteiger partial charge in [-0.15, -0.1) is 12.4 Å². The minimum Gasteiger partial charge on any atom is -0.485 e. The number of hydrogen-bond acceptors (Lipinski definition) is 7. The van der Waals surface area contributed by atoms with Crippen molar-refractivity contribution in [3.8, 4) is 5.75 Å². The lowest BCUT2D eigenvalue weighted by molar-refractivity contribution is 0.0600. The van der Waals surface area contributed by atoms with Crippen LogP contribution in [0.1, 0.15) is 47.3 Å². The van der Waals surface area contributed by atoms with Gasteiger partial charge in [-0.2, -0.15) is 4.98 Å². The van der Waals surface area contributed by atoms with Gasteiger partial charge in [0, 0.05) is 5.92 Å². The van der Waals surface area contributed by atoms with Crippen molar-refractivity contribution in [2.75, 3.05) is 20.2 Å². The van der Waals surface area contributed by atoms with Crippen molar-refractivity contribution in [1.82, 2.24) is 15.5 Å². The van der Waals surface area contributed by atoms with Gasteiger partial charge < -0.3 is 19.3 Å². The highest BCUT2D eigenvalue weighted by Gasteiger charge is 2.57. The maximum atomic E-state index is 11.6. The second-order valence-electron chi connectivity index (χ2n) is 6.73. The van der Waals surface area contributed by atoms with Crippen molar-refractivity contribution in [1.29, 1.82) is 0 Å². The van der Waals surface area contributed by atoms with Gasteiger partial charge in [-0.05, 0) is 56.0 Å². The highest BCUT2D eigenvalue weighted by molar-refractivity contribution is 5.89. The van der Waals surface area contributed by atoms with Gasteiger partial charge in [-0.25, -0.2) is 4.79 Å². The Morgan fingerprint density at radius 2 is 2.19 bits per heavy atom. The largest absolute Gasteiger partial charge is 0.485 e. The molecule has 0 radical (unpaired) electrons. The molecule has 1 atom stereocenters. The molecule has 0 amide bonds. The first-order valence-electron chi connectivity index (χ1n) is 8.55. The van der Waals surface area contributed by atoms with Gasteiger partial charge in [0.15, 0.2) is 6.61 Å². The summed E-state index contributed by atoms with van der Waals surface area (Å²) in [5, 5.41) is 7.42. The summed E-state index contributed by atoms with van der Waals surface area (Å²) in [7, 11) is 1.35. The molecule has 1 unspecified atom stereocenters. The summed E-state index contributed by atoms with van der Waals surface area (Å²) in [6, 6.07) is 6.83. The Balaban J connectivity index is 0.00000196. The predicted molar refractivity (Wildman–Crippen MR) is 95.6 cm³/mol. The van der Waals surface area contributed by atoms with Crippen molar-refractivity contribution < 1.29 is 18.8 Å². The second kappa shape index (κ2) is 7.63. The molecule has 2 aromatic rings. The topological polar surface area (TPSA) is 86.5 Å². The number of piperidine rings is 1. The molecule has 2 aliphatic rings. The van der Waals surface area contributed by atoms with E-state index in [2.05, 4.69) is 15.5 Å².